The van der Waals surface area contributed by atoms with Gasteiger partial charge in [-0.3, -0.25) is 19.2 Å². The largest absolute Gasteiger partial charge is 0.391 e. The molecule has 37 heavy (non-hydrogen) atoms. The van der Waals surface area contributed by atoms with Crippen molar-refractivity contribution in [3.63, 3.8) is 0 Å². The van der Waals surface area contributed by atoms with E-state index < -0.39 is 42.0 Å². The topological polar surface area (TPSA) is 168 Å². The van der Waals surface area contributed by atoms with Crippen molar-refractivity contribution in [2.45, 2.75) is 56.8 Å². The summed E-state index contributed by atoms with van der Waals surface area (Å²) in [5, 5.41) is 15.5. The van der Waals surface area contributed by atoms with Gasteiger partial charge in [0.25, 0.3) is 0 Å². The number of primary amides is 1. The Hall–Kier alpha value is -3.76. The molecule has 198 valence electrons. The van der Waals surface area contributed by atoms with Crippen LogP contribution in [-0.4, -0.2) is 71.0 Å². The number of nitrogens with zero attached hydrogens (tertiary/aromatic N) is 1. The number of likely N-dealkylation sites (tertiary alicyclic amines) is 1. The summed E-state index contributed by atoms with van der Waals surface area (Å²) in [6.07, 6.45) is 0.0722. The number of carbonyl (C=O) groups excluding carboxylic acids is 4. The van der Waals surface area contributed by atoms with Crippen LogP contribution in [0.1, 0.15) is 31.7 Å². The second kappa shape index (κ2) is 13.0. The maximum absolute atomic E-state index is 13.2. The van der Waals surface area contributed by atoms with Crippen LogP contribution in [-0.2, 0) is 25.6 Å². The van der Waals surface area contributed by atoms with E-state index in [1.54, 1.807) is 0 Å². The molecule has 0 spiro atoms. The first kappa shape index (κ1) is 27.8. The van der Waals surface area contributed by atoms with Gasteiger partial charge in [-0.15, -0.1) is 0 Å². The molecular formula is C27H35N5O5. The maximum Gasteiger partial charge on any atom is 0.245 e. The van der Waals surface area contributed by atoms with Crippen LogP contribution in [0.2, 0.25) is 0 Å². The number of carbonyl (C=O) groups is 4. The first-order chi connectivity index (χ1) is 17.7. The van der Waals surface area contributed by atoms with E-state index in [4.69, 9.17) is 11.5 Å². The van der Waals surface area contributed by atoms with Crippen LogP contribution in [0.4, 0.5) is 0 Å². The zero-order valence-electron chi connectivity index (χ0n) is 20.9. The summed E-state index contributed by atoms with van der Waals surface area (Å²) < 4.78 is 0. The van der Waals surface area contributed by atoms with E-state index in [2.05, 4.69) is 10.6 Å². The standard InChI is InChI=1S/C27H35N5O5/c1-17(33)30-22(8-5-13-28)27(37)32-16-21(34)15-24(32)26(36)31-23(25(29)35)14-18-9-11-20(12-10-18)19-6-3-2-4-7-19/h2-4,6-7,9-12,21-24,34H,5,8,13-16,28H2,1H3,(H2,29,35)(H,30,33)(H,31,36)/t21-,22+,23-,24+/m1/s1. The van der Waals surface area contributed by atoms with Crippen LogP contribution in [0.5, 0.6) is 0 Å². The molecule has 1 saturated heterocycles. The number of aliphatic hydroxyl groups is 1. The number of β-amino-alcohol motifs (C(OH)–C–C–N with tert-alkyl or cyclic N) is 1. The molecule has 0 radical (unpaired) electrons. The van der Waals surface area contributed by atoms with E-state index >= 15 is 0 Å². The number of amides is 4. The van der Waals surface area contributed by atoms with Crippen LogP contribution >= 0.6 is 0 Å². The third-order valence-corrected chi connectivity index (χ3v) is 6.40. The first-order valence-electron chi connectivity index (χ1n) is 12.4. The second-order valence-corrected chi connectivity index (χ2v) is 9.31. The lowest BCUT2D eigenvalue weighted by Gasteiger charge is -2.29. The summed E-state index contributed by atoms with van der Waals surface area (Å²) in [4.78, 5) is 51.4. The molecule has 10 heteroatoms. The molecule has 1 fully saturated rings. The highest BCUT2D eigenvalue weighted by atomic mass is 16.3. The highest BCUT2D eigenvalue weighted by Crippen LogP contribution is 2.22. The van der Waals surface area contributed by atoms with Gasteiger partial charge in [-0.1, -0.05) is 54.6 Å². The van der Waals surface area contributed by atoms with Gasteiger partial charge in [-0.25, -0.2) is 0 Å². The third-order valence-electron chi connectivity index (χ3n) is 6.40. The molecule has 4 atom stereocenters. The predicted molar refractivity (Wildman–Crippen MR) is 139 cm³/mol. The summed E-state index contributed by atoms with van der Waals surface area (Å²) in [5.41, 5.74) is 14.0. The summed E-state index contributed by atoms with van der Waals surface area (Å²) in [5.74, 6) is -2.17. The van der Waals surface area contributed by atoms with Gasteiger partial charge in [-0.2, -0.15) is 0 Å². The number of rotatable bonds is 11. The summed E-state index contributed by atoms with van der Waals surface area (Å²) in [6.45, 7) is 1.58. The van der Waals surface area contributed by atoms with Crippen LogP contribution in [0.15, 0.2) is 54.6 Å². The lowest BCUT2D eigenvalue weighted by molar-refractivity contribution is -0.142. The van der Waals surface area contributed by atoms with Crippen molar-refractivity contribution in [1.82, 2.24) is 15.5 Å². The first-order valence-corrected chi connectivity index (χ1v) is 12.4. The molecule has 2 aromatic carbocycles. The van der Waals surface area contributed by atoms with Gasteiger partial charge >= 0.3 is 0 Å². The Balaban J connectivity index is 1.70. The summed E-state index contributed by atoms with van der Waals surface area (Å²) in [6, 6.07) is 14.6. The van der Waals surface area contributed by atoms with Crippen molar-refractivity contribution in [3.05, 3.63) is 60.2 Å². The number of hydrogen-bond donors (Lipinski definition) is 5. The molecule has 0 saturated carbocycles. The highest BCUT2D eigenvalue weighted by Gasteiger charge is 2.42. The minimum absolute atomic E-state index is 0.0124. The zero-order chi connectivity index (χ0) is 26.9. The Morgan fingerprint density at radius 1 is 1.00 bits per heavy atom. The molecule has 1 aliphatic rings. The molecule has 0 bridgehead atoms. The van der Waals surface area contributed by atoms with Crippen molar-refractivity contribution in [1.29, 1.82) is 0 Å². The fraction of sp³-hybridized carbons (Fsp3) is 0.407. The average Bonchev–Trinajstić information content (AvgIpc) is 3.28. The Morgan fingerprint density at radius 2 is 1.65 bits per heavy atom. The maximum atomic E-state index is 13.2. The highest BCUT2D eigenvalue weighted by molar-refractivity contribution is 5.94. The molecule has 2 aromatic rings. The lowest BCUT2D eigenvalue weighted by atomic mass is 10.00. The second-order valence-electron chi connectivity index (χ2n) is 9.31. The number of nitrogens with two attached hydrogens (primary N) is 2. The third kappa shape index (κ3) is 7.61. The van der Waals surface area contributed by atoms with Crippen LogP contribution < -0.4 is 22.1 Å². The number of aliphatic hydroxyl groups excluding tert-OH is 1. The summed E-state index contributed by atoms with van der Waals surface area (Å²) in [7, 11) is 0. The number of nitrogens with one attached hydrogen (secondary N) is 2. The molecular weight excluding hydrogens is 474 g/mol. The van der Waals surface area contributed by atoms with Crippen LogP contribution in [0.25, 0.3) is 11.1 Å². The van der Waals surface area contributed by atoms with Gasteiger partial charge in [0, 0.05) is 26.3 Å². The molecule has 1 aliphatic heterocycles. The number of hydrogen-bond acceptors (Lipinski definition) is 6. The van der Waals surface area contributed by atoms with Gasteiger partial charge in [0.1, 0.15) is 18.1 Å². The van der Waals surface area contributed by atoms with Gasteiger partial charge in [0.2, 0.25) is 23.6 Å². The Kier molecular flexibility index (Phi) is 9.76. The fourth-order valence-corrected chi connectivity index (χ4v) is 4.52. The van der Waals surface area contributed by atoms with Crippen LogP contribution in [0, 0.1) is 0 Å². The normalized spacial score (nSPS) is 18.6. The van der Waals surface area contributed by atoms with E-state index in [9.17, 15) is 24.3 Å². The van der Waals surface area contributed by atoms with Gasteiger partial charge in [0.15, 0.2) is 0 Å². The zero-order valence-corrected chi connectivity index (χ0v) is 20.9. The van der Waals surface area contributed by atoms with Gasteiger partial charge in [0.05, 0.1) is 6.10 Å². The molecule has 0 unspecified atom stereocenters. The van der Waals surface area contributed by atoms with Crippen LogP contribution in [0.3, 0.4) is 0 Å². The molecule has 3 rings (SSSR count). The van der Waals surface area contributed by atoms with Gasteiger partial charge in [-0.05, 0) is 36.1 Å². The Bertz CT molecular complexity index is 1090. The van der Waals surface area contributed by atoms with Crippen molar-refractivity contribution < 1.29 is 24.3 Å². The van der Waals surface area contributed by atoms with E-state index in [1.807, 2.05) is 54.6 Å². The molecule has 0 aliphatic carbocycles. The molecule has 0 aromatic heterocycles. The molecule has 10 nitrogen and oxygen atoms in total. The lowest BCUT2D eigenvalue weighted by Crippen LogP contribution is -2.56. The molecule has 7 N–H and O–H groups in total. The Labute approximate surface area is 216 Å². The SMILES string of the molecule is CC(=O)N[C@@H](CCCN)C(=O)N1C[C@H](O)C[C@H]1C(=O)N[C@H](Cc1ccc(-c2ccccc2)cc1)C(N)=O. The monoisotopic (exact) mass is 509 g/mol. The van der Waals surface area contributed by atoms with E-state index in [0.29, 0.717) is 19.4 Å². The average molecular weight is 510 g/mol. The fourth-order valence-electron chi connectivity index (χ4n) is 4.52. The van der Waals surface area contributed by atoms with Crippen molar-refractivity contribution >= 4 is 23.6 Å². The summed E-state index contributed by atoms with van der Waals surface area (Å²) >= 11 is 0. The molecule has 1 heterocycles. The van der Waals surface area contributed by atoms with E-state index in [0.717, 1.165) is 16.7 Å². The van der Waals surface area contributed by atoms with Crippen molar-refractivity contribution in [2.24, 2.45) is 11.5 Å². The quantitative estimate of drug-likeness (QED) is 0.287. The predicted octanol–water partition coefficient (Wildman–Crippen LogP) is 0.0716. The van der Waals surface area contributed by atoms with Crippen molar-refractivity contribution in [3.8, 4) is 11.1 Å². The smallest absolute Gasteiger partial charge is 0.245 e. The van der Waals surface area contributed by atoms with Crippen molar-refractivity contribution in [2.75, 3.05) is 13.1 Å². The number of benzene rings is 2. The minimum Gasteiger partial charge on any atom is -0.391 e. The van der Waals surface area contributed by atoms with Gasteiger partial charge < -0.3 is 32.1 Å². The Morgan fingerprint density at radius 3 is 2.24 bits per heavy atom. The molecule has 4 amide bonds. The van der Waals surface area contributed by atoms with E-state index in [1.165, 1.54) is 11.8 Å². The van der Waals surface area contributed by atoms with E-state index in [-0.39, 0.29) is 25.3 Å². The minimum atomic E-state index is -1.01.